The maximum absolute atomic E-state index is 12.3. The molecule has 0 aromatic carbocycles. The highest BCUT2D eigenvalue weighted by molar-refractivity contribution is 5.56. The van der Waals surface area contributed by atoms with E-state index < -0.39 is 11.7 Å². The van der Waals surface area contributed by atoms with Crippen LogP contribution in [0, 0.1) is 11.3 Å². The fraction of sp³-hybridized carbons (Fsp3) is 0.333. The highest BCUT2D eigenvalue weighted by Crippen LogP contribution is 2.31. The largest absolute Gasteiger partial charge is 0.417 e. The first-order valence-electron chi connectivity index (χ1n) is 4.01. The third-order valence-corrected chi connectivity index (χ3v) is 1.78. The van der Waals surface area contributed by atoms with Crippen LogP contribution in [0.5, 0.6) is 0 Å². The normalized spacial score (nSPS) is 10.9. The molecule has 0 atom stereocenters. The summed E-state index contributed by atoms with van der Waals surface area (Å²) in [4.78, 5) is 4.88. The standard InChI is InChI=1S/C9H8F3N3/c1-15(2)8-3-6(9(10,11)12)5-14-7(8)4-13/h3,5H,1-2H3. The number of alkyl halides is 3. The van der Waals surface area contributed by atoms with Crippen LogP contribution >= 0.6 is 0 Å². The summed E-state index contributed by atoms with van der Waals surface area (Å²) in [5, 5.41) is 8.64. The van der Waals surface area contributed by atoms with Crippen molar-refractivity contribution >= 4 is 5.69 Å². The average Bonchev–Trinajstić information content (AvgIpc) is 2.15. The van der Waals surface area contributed by atoms with Gasteiger partial charge in [-0.15, -0.1) is 0 Å². The van der Waals surface area contributed by atoms with Crippen molar-refractivity contribution in [2.75, 3.05) is 19.0 Å². The van der Waals surface area contributed by atoms with Gasteiger partial charge in [-0.3, -0.25) is 0 Å². The molecule has 1 aromatic heterocycles. The van der Waals surface area contributed by atoms with Crippen LogP contribution in [0.4, 0.5) is 18.9 Å². The third kappa shape index (κ3) is 2.37. The Labute approximate surface area is 84.8 Å². The van der Waals surface area contributed by atoms with Crippen LogP contribution < -0.4 is 4.90 Å². The van der Waals surface area contributed by atoms with E-state index in [0.29, 0.717) is 6.20 Å². The van der Waals surface area contributed by atoms with Crippen LogP contribution in [0.15, 0.2) is 12.3 Å². The zero-order chi connectivity index (χ0) is 11.6. The van der Waals surface area contributed by atoms with Crippen LogP contribution in [0.25, 0.3) is 0 Å². The molecule has 6 heteroatoms. The van der Waals surface area contributed by atoms with Crippen molar-refractivity contribution in [2.45, 2.75) is 6.18 Å². The Morgan fingerprint density at radius 1 is 1.40 bits per heavy atom. The minimum Gasteiger partial charge on any atom is -0.375 e. The van der Waals surface area contributed by atoms with E-state index in [-0.39, 0.29) is 11.4 Å². The van der Waals surface area contributed by atoms with E-state index >= 15 is 0 Å². The molecular weight excluding hydrogens is 207 g/mol. The van der Waals surface area contributed by atoms with E-state index in [1.165, 1.54) is 4.90 Å². The number of rotatable bonds is 1. The zero-order valence-electron chi connectivity index (χ0n) is 8.13. The molecule has 3 nitrogen and oxygen atoms in total. The molecule has 0 aliphatic rings. The molecule has 0 radical (unpaired) electrons. The fourth-order valence-electron chi connectivity index (χ4n) is 1.04. The Morgan fingerprint density at radius 2 is 2.00 bits per heavy atom. The number of halogens is 3. The summed E-state index contributed by atoms with van der Waals surface area (Å²) in [5.41, 5.74) is -0.717. The Hall–Kier alpha value is -1.77. The maximum atomic E-state index is 12.3. The number of hydrogen-bond donors (Lipinski definition) is 0. The molecule has 1 aromatic rings. The average molecular weight is 215 g/mol. The van der Waals surface area contributed by atoms with Crippen LogP contribution in [0.2, 0.25) is 0 Å². The molecule has 0 saturated heterocycles. The van der Waals surface area contributed by atoms with Crippen molar-refractivity contribution in [3.05, 3.63) is 23.5 Å². The molecule has 0 N–H and O–H groups in total. The van der Waals surface area contributed by atoms with Crippen molar-refractivity contribution in [1.82, 2.24) is 4.98 Å². The number of anilines is 1. The molecule has 15 heavy (non-hydrogen) atoms. The highest BCUT2D eigenvalue weighted by atomic mass is 19.4. The van der Waals surface area contributed by atoms with Gasteiger partial charge in [0, 0.05) is 20.3 Å². The Kier molecular flexibility index (Phi) is 2.84. The van der Waals surface area contributed by atoms with E-state index in [1.54, 1.807) is 20.2 Å². The Balaban J connectivity index is 3.30. The first kappa shape index (κ1) is 11.3. The van der Waals surface area contributed by atoms with E-state index in [9.17, 15) is 13.2 Å². The second-order valence-corrected chi connectivity index (χ2v) is 3.10. The number of nitriles is 1. The first-order valence-corrected chi connectivity index (χ1v) is 4.01. The second-order valence-electron chi connectivity index (χ2n) is 3.10. The summed E-state index contributed by atoms with van der Waals surface area (Å²) >= 11 is 0. The summed E-state index contributed by atoms with van der Waals surface area (Å²) in [5.74, 6) is 0. The first-order chi connectivity index (χ1) is 6.86. The lowest BCUT2D eigenvalue weighted by Gasteiger charge is -2.15. The highest BCUT2D eigenvalue weighted by Gasteiger charge is 2.31. The van der Waals surface area contributed by atoms with Gasteiger partial charge in [-0.1, -0.05) is 0 Å². The van der Waals surface area contributed by atoms with Crippen molar-refractivity contribution in [3.8, 4) is 6.07 Å². The Bertz CT molecular complexity index is 404. The van der Waals surface area contributed by atoms with Gasteiger partial charge in [-0.2, -0.15) is 18.4 Å². The van der Waals surface area contributed by atoms with E-state index in [1.807, 2.05) is 0 Å². The SMILES string of the molecule is CN(C)c1cc(C(F)(F)F)cnc1C#N. The molecule has 0 aliphatic carbocycles. The van der Waals surface area contributed by atoms with Gasteiger partial charge in [0.1, 0.15) is 6.07 Å². The molecule has 1 rings (SSSR count). The van der Waals surface area contributed by atoms with Crippen molar-refractivity contribution in [2.24, 2.45) is 0 Å². The van der Waals surface area contributed by atoms with Crippen LogP contribution in [-0.4, -0.2) is 19.1 Å². The van der Waals surface area contributed by atoms with Gasteiger partial charge in [0.15, 0.2) is 5.69 Å². The lowest BCUT2D eigenvalue weighted by Crippen LogP contribution is -2.14. The maximum Gasteiger partial charge on any atom is 0.417 e. The zero-order valence-corrected chi connectivity index (χ0v) is 8.13. The number of nitrogens with zero attached hydrogens (tertiary/aromatic N) is 3. The minimum atomic E-state index is -4.44. The molecule has 1 heterocycles. The summed E-state index contributed by atoms with van der Waals surface area (Å²) in [6.45, 7) is 0. The van der Waals surface area contributed by atoms with Crippen molar-refractivity contribution in [3.63, 3.8) is 0 Å². The van der Waals surface area contributed by atoms with Gasteiger partial charge in [0.2, 0.25) is 0 Å². The smallest absolute Gasteiger partial charge is 0.375 e. The topological polar surface area (TPSA) is 39.9 Å². The van der Waals surface area contributed by atoms with Gasteiger partial charge in [-0.25, -0.2) is 4.98 Å². The molecular formula is C9H8F3N3. The molecule has 0 fully saturated rings. The van der Waals surface area contributed by atoms with Crippen LogP contribution in [0.1, 0.15) is 11.3 Å². The lowest BCUT2D eigenvalue weighted by molar-refractivity contribution is -0.137. The summed E-state index contributed by atoms with van der Waals surface area (Å²) < 4.78 is 37.0. The molecule has 0 aliphatic heterocycles. The number of pyridine rings is 1. The molecule has 0 bridgehead atoms. The monoisotopic (exact) mass is 215 g/mol. The summed E-state index contributed by atoms with van der Waals surface area (Å²) in [6, 6.07) is 2.64. The minimum absolute atomic E-state index is 0.0204. The summed E-state index contributed by atoms with van der Waals surface area (Å²) in [7, 11) is 3.11. The van der Waals surface area contributed by atoms with Gasteiger partial charge in [0.05, 0.1) is 11.3 Å². The second kappa shape index (κ2) is 3.77. The van der Waals surface area contributed by atoms with Crippen molar-refractivity contribution in [1.29, 1.82) is 5.26 Å². The quantitative estimate of drug-likeness (QED) is 0.719. The van der Waals surface area contributed by atoms with Gasteiger partial charge in [0.25, 0.3) is 0 Å². The van der Waals surface area contributed by atoms with Crippen molar-refractivity contribution < 1.29 is 13.2 Å². The predicted octanol–water partition coefficient (Wildman–Crippen LogP) is 2.04. The lowest BCUT2D eigenvalue weighted by atomic mass is 10.2. The molecule has 0 spiro atoms. The molecule has 80 valence electrons. The molecule has 0 amide bonds. The van der Waals surface area contributed by atoms with Crippen LogP contribution in [0.3, 0.4) is 0 Å². The third-order valence-electron chi connectivity index (χ3n) is 1.78. The van der Waals surface area contributed by atoms with Gasteiger partial charge >= 0.3 is 6.18 Å². The van der Waals surface area contributed by atoms with E-state index in [2.05, 4.69) is 4.98 Å². The van der Waals surface area contributed by atoms with E-state index in [4.69, 9.17) is 5.26 Å². The predicted molar refractivity (Wildman–Crippen MR) is 48.3 cm³/mol. The molecule has 0 unspecified atom stereocenters. The number of hydrogen-bond acceptors (Lipinski definition) is 3. The fourth-order valence-corrected chi connectivity index (χ4v) is 1.04. The van der Waals surface area contributed by atoms with Crippen LogP contribution in [-0.2, 0) is 6.18 Å². The molecule has 0 saturated carbocycles. The number of aromatic nitrogens is 1. The Morgan fingerprint density at radius 3 is 2.40 bits per heavy atom. The van der Waals surface area contributed by atoms with Gasteiger partial charge < -0.3 is 4.90 Å². The van der Waals surface area contributed by atoms with E-state index in [0.717, 1.165) is 6.07 Å². The summed E-state index contributed by atoms with van der Waals surface area (Å²) in [6.07, 6.45) is -3.78. The van der Waals surface area contributed by atoms with Gasteiger partial charge in [-0.05, 0) is 6.07 Å².